The molecule has 5 nitrogen and oxygen atoms in total. The summed E-state index contributed by atoms with van der Waals surface area (Å²) < 4.78 is 22.5. The second-order valence-corrected chi connectivity index (χ2v) is 2.97. The molecule has 0 heterocycles. The Labute approximate surface area is 130 Å². The van der Waals surface area contributed by atoms with Gasteiger partial charge in [-0.15, -0.1) is 0 Å². The number of hydrogen-bond acceptors (Lipinski definition) is 2. The Hall–Kier alpha value is -1.15. The molecule has 0 saturated carbocycles. The van der Waals surface area contributed by atoms with Crippen molar-refractivity contribution in [3.63, 3.8) is 0 Å². The molecule has 0 saturated heterocycles. The first kappa shape index (κ1) is 31.3. The Kier molecular flexibility index (Phi) is 67.4. The largest absolute Gasteiger partial charge is 0 e. The fraction of sp³-hybridized carbons (Fsp3) is 0.429. The van der Waals surface area contributed by atoms with E-state index in [2.05, 4.69) is 26.9 Å². The van der Waals surface area contributed by atoms with Crippen molar-refractivity contribution in [2.24, 2.45) is 0 Å². The molecule has 112 valence electrons. The summed E-state index contributed by atoms with van der Waals surface area (Å²) in [7, 11) is 0. The van der Waals surface area contributed by atoms with Gasteiger partial charge in [0.15, 0.2) is 0 Å². The number of aldehydes is 1. The van der Waals surface area contributed by atoms with E-state index < -0.39 is 0 Å². The van der Waals surface area contributed by atoms with Gasteiger partial charge in [0.2, 0.25) is 0 Å². The standard InChI is InChI=1S/C11H18O2.3CO.Fe/c1-2-3-5-8-11(13)9-6-4-7-10-12;3*1-2;/h4,6-7,9-11,13H,2-3,5,8H2,1H3;;;;/b7-4+,9-6+;;;;/t11-;;;;/m1..../s1. The minimum absolute atomic E-state index is 0. The van der Waals surface area contributed by atoms with E-state index in [1.165, 1.54) is 12.5 Å². The van der Waals surface area contributed by atoms with E-state index in [4.69, 9.17) is 14.0 Å². The van der Waals surface area contributed by atoms with Crippen molar-refractivity contribution < 1.29 is 40.9 Å². The summed E-state index contributed by atoms with van der Waals surface area (Å²) in [6, 6.07) is 0. The van der Waals surface area contributed by atoms with Gasteiger partial charge in [-0.05, 0) is 12.5 Å². The quantitative estimate of drug-likeness (QED) is 0.148. The second kappa shape index (κ2) is 43.1. The topological polar surface area (TPSA) is 97.0 Å². The molecule has 0 aliphatic heterocycles. The molecule has 0 aromatic heterocycles. The fourth-order valence-electron chi connectivity index (χ4n) is 1.00. The van der Waals surface area contributed by atoms with E-state index in [0.29, 0.717) is 6.29 Å². The first-order chi connectivity index (χ1) is 9.31. The van der Waals surface area contributed by atoms with E-state index in [1.54, 1.807) is 18.2 Å². The molecule has 0 spiro atoms. The van der Waals surface area contributed by atoms with Crippen molar-refractivity contribution in [2.75, 3.05) is 0 Å². The van der Waals surface area contributed by atoms with Gasteiger partial charge >= 0.3 is 33.9 Å². The van der Waals surface area contributed by atoms with E-state index in [9.17, 15) is 9.90 Å². The van der Waals surface area contributed by atoms with Crippen LogP contribution >= 0.6 is 0 Å². The van der Waals surface area contributed by atoms with Gasteiger partial charge in [-0.1, -0.05) is 44.4 Å². The molecule has 1 atom stereocenters. The van der Waals surface area contributed by atoms with Crippen LogP contribution in [-0.2, 0) is 35.8 Å². The zero-order chi connectivity index (χ0) is 15.9. The monoisotopic (exact) mass is 322 g/mol. The molecule has 0 aromatic carbocycles. The molecule has 0 fully saturated rings. The predicted octanol–water partition coefficient (Wildman–Crippen LogP) is 2.12. The maximum absolute atomic E-state index is 9.88. The molecule has 0 rings (SSSR count). The summed E-state index contributed by atoms with van der Waals surface area (Å²) >= 11 is 0. The molecule has 6 heteroatoms. The van der Waals surface area contributed by atoms with Gasteiger partial charge in [-0.25, -0.2) is 0 Å². The molecular weight excluding hydrogens is 304 g/mol. The zero-order valence-corrected chi connectivity index (χ0v) is 12.3. The Morgan fingerprint density at radius 2 is 1.50 bits per heavy atom. The predicted molar refractivity (Wildman–Crippen MR) is 66.3 cm³/mol. The van der Waals surface area contributed by atoms with Crippen molar-refractivity contribution in [2.45, 2.75) is 38.7 Å². The molecule has 0 radical (unpaired) electrons. The molecule has 0 bridgehead atoms. The molecule has 0 amide bonds. The van der Waals surface area contributed by atoms with Gasteiger partial charge in [-0.3, -0.25) is 4.79 Å². The molecule has 0 aromatic rings. The normalized spacial score (nSPS) is 9.40. The van der Waals surface area contributed by atoms with E-state index >= 15 is 0 Å². The zero-order valence-electron chi connectivity index (χ0n) is 11.2. The minimum atomic E-state index is -0.372. The fourth-order valence-corrected chi connectivity index (χ4v) is 1.00. The SMILES string of the molecule is CCCCC[C@@H](O)/C=C/C=C/C=O.[C-]#[O+].[C-]#[O+].[C-]#[O+].[Fe]. The van der Waals surface area contributed by atoms with Gasteiger partial charge in [-0.2, -0.15) is 0 Å². The number of rotatable bonds is 7. The molecule has 20 heavy (non-hydrogen) atoms. The molecule has 1 N–H and O–H groups in total. The van der Waals surface area contributed by atoms with Gasteiger partial charge < -0.3 is 5.11 Å². The Morgan fingerprint density at radius 1 is 1.00 bits per heavy atom. The van der Waals surface area contributed by atoms with Gasteiger partial charge in [0, 0.05) is 17.1 Å². The van der Waals surface area contributed by atoms with Crippen molar-refractivity contribution in [3.05, 3.63) is 44.3 Å². The van der Waals surface area contributed by atoms with E-state index in [-0.39, 0.29) is 23.2 Å². The summed E-state index contributed by atoms with van der Waals surface area (Å²) in [6.45, 7) is 15.6. The number of aliphatic hydroxyl groups is 1. The molecular formula is C14H18FeO5. The van der Waals surface area contributed by atoms with Crippen LogP contribution in [0, 0.1) is 20.0 Å². The van der Waals surface area contributed by atoms with Crippen LogP contribution in [-0.4, -0.2) is 17.5 Å². The molecule has 0 unspecified atom stereocenters. The maximum Gasteiger partial charge on any atom is 0 e. The van der Waals surface area contributed by atoms with Gasteiger partial charge in [0.05, 0.1) is 6.10 Å². The maximum atomic E-state index is 9.88. The third-order valence-corrected chi connectivity index (χ3v) is 1.74. The van der Waals surface area contributed by atoms with Crippen LogP contribution in [0.5, 0.6) is 0 Å². The summed E-state index contributed by atoms with van der Waals surface area (Å²) in [6.07, 6.45) is 11.0. The van der Waals surface area contributed by atoms with Crippen molar-refractivity contribution in [1.82, 2.24) is 0 Å². The average Bonchev–Trinajstić information content (AvgIpc) is 2.50. The van der Waals surface area contributed by atoms with Crippen LogP contribution in [0.25, 0.3) is 0 Å². The van der Waals surface area contributed by atoms with Crippen LogP contribution in [0.4, 0.5) is 0 Å². The number of aliphatic hydroxyl groups excluding tert-OH is 1. The summed E-state index contributed by atoms with van der Waals surface area (Å²) in [4.78, 5) is 9.88. The third-order valence-electron chi connectivity index (χ3n) is 1.74. The number of carbonyl (C=O) groups excluding carboxylic acids is 1. The number of allylic oxidation sites excluding steroid dienone is 3. The van der Waals surface area contributed by atoms with E-state index in [1.807, 2.05) is 0 Å². The average molecular weight is 322 g/mol. The van der Waals surface area contributed by atoms with Gasteiger partial charge in [0.25, 0.3) is 0 Å². The van der Waals surface area contributed by atoms with Crippen molar-refractivity contribution in [3.8, 4) is 0 Å². The summed E-state index contributed by atoms with van der Waals surface area (Å²) in [5, 5.41) is 9.37. The summed E-state index contributed by atoms with van der Waals surface area (Å²) in [5.41, 5.74) is 0. The smallest absolute Gasteiger partial charge is 0 e. The molecule has 0 aliphatic rings. The first-order valence-electron chi connectivity index (χ1n) is 5.39. The van der Waals surface area contributed by atoms with Crippen LogP contribution in [0.1, 0.15) is 32.6 Å². The molecule has 0 aliphatic carbocycles. The van der Waals surface area contributed by atoms with Crippen molar-refractivity contribution in [1.29, 1.82) is 0 Å². The van der Waals surface area contributed by atoms with Crippen LogP contribution in [0.3, 0.4) is 0 Å². The first-order valence-corrected chi connectivity index (χ1v) is 5.39. The second-order valence-electron chi connectivity index (χ2n) is 2.97. The Bertz CT molecular complexity index is 265. The van der Waals surface area contributed by atoms with Gasteiger partial charge in [0.1, 0.15) is 6.29 Å². The summed E-state index contributed by atoms with van der Waals surface area (Å²) in [5.74, 6) is 0. The Balaban J connectivity index is -0.0000000940. The van der Waals surface area contributed by atoms with Crippen molar-refractivity contribution >= 4 is 6.29 Å². The number of carbonyl (C=O) groups is 1. The van der Waals surface area contributed by atoms with Crippen LogP contribution in [0.2, 0.25) is 0 Å². The number of unbranched alkanes of at least 4 members (excludes halogenated alkanes) is 2. The van der Waals surface area contributed by atoms with Crippen LogP contribution in [0.15, 0.2) is 24.3 Å². The number of hydrogen-bond donors (Lipinski definition) is 1. The van der Waals surface area contributed by atoms with E-state index in [0.717, 1.165) is 19.3 Å². The van der Waals surface area contributed by atoms with Crippen LogP contribution < -0.4 is 0 Å². The minimum Gasteiger partial charge on any atom is 0 e. The third kappa shape index (κ3) is 43.6. The Morgan fingerprint density at radius 3 is 1.90 bits per heavy atom.